The van der Waals surface area contributed by atoms with Gasteiger partial charge in [0.1, 0.15) is 16.8 Å². The molecule has 0 radical (unpaired) electrons. The molecule has 0 amide bonds. The van der Waals surface area contributed by atoms with E-state index < -0.39 is 0 Å². The summed E-state index contributed by atoms with van der Waals surface area (Å²) in [7, 11) is 0. The van der Waals surface area contributed by atoms with Gasteiger partial charge < -0.3 is 10.4 Å². The molecule has 28 heavy (non-hydrogen) atoms. The van der Waals surface area contributed by atoms with Crippen LogP contribution in [-0.4, -0.2) is 20.1 Å². The minimum Gasteiger partial charge on any atom is -0.391 e. The number of aryl methyl sites for hydroxylation is 1. The second-order valence-electron chi connectivity index (χ2n) is 8.42. The van der Waals surface area contributed by atoms with Gasteiger partial charge in [-0.15, -0.1) is 11.3 Å². The van der Waals surface area contributed by atoms with Crippen LogP contribution in [0, 0.1) is 0 Å². The van der Waals surface area contributed by atoms with Crippen LogP contribution in [0.1, 0.15) is 103 Å². The van der Waals surface area contributed by atoms with E-state index in [-0.39, 0.29) is 12.6 Å². The van der Waals surface area contributed by atoms with Crippen LogP contribution >= 0.6 is 22.9 Å². The maximum atomic E-state index is 9.83. The molecule has 0 saturated heterocycles. The van der Waals surface area contributed by atoms with E-state index in [4.69, 9.17) is 21.6 Å². The van der Waals surface area contributed by atoms with Gasteiger partial charge in [-0.3, -0.25) is 0 Å². The molecule has 1 atom stereocenters. The van der Waals surface area contributed by atoms with Crippen LogP contribution in [0.4, 0.5) is 5.82 Å². The second-order valence-corrected chi connectivity index (χ2v) is 9.89. The van der Waals surface area contributed by atoms with Crippen LogP contribution in [0.25, 0.3) is 0 Å². The number of anilines is 1. The molecule has 2 N–H and O–H groups in total. The predicted molar refractivity (Wildman–Crippen MR) is 112 cm³/mol. The number of hydrogen-bond donors (Lipinski definition) is 2. The number of aliphatic hydroxyl groups is 1. The van der Waals surface area contributed by atoms with Crippen molar-refractivity contribution >= 4 is 28.8 Å². The number of hydrogen-bond acceptors (Lipinski definition) is 6. The number of aromatic nitrogens is 3. The number of aliphatic hydroxyl groups excluding tert-OH is 1. The van der Waals surface area contributed by atoms with E-state index in [0.717, 1.165) is 37.9 Å². The lowest BCUT2D eigenvalue weighted by atomic mass is 9.90. The first-order chi connectivity index (χ1) is 13.7. The van der Waals surface area contributed by atoms with Gasteiger partial charge >= 0.3 is 0 Å². The number of halogens is 1. The molecule has 2 heterocycles. The Morgan fingerprint density at radius 1 is 0.964 bits per heavy atom. The average molecular weight is 419 g/mol. The van der Waals surface area contributed by atoms with Crippen LogP contribution in [-0.2, 0) is 13.0 Å². The molecule has 2 aromatic rings. The van der Waals surface area contributed by atoms with E-state index in [1.54, 1.807) is 0 Å². The molecule has 0 aromatic carbocycles. The second kappa shape index (κ2) is 7.88. The fourth-order valence-corrected chi connectivity index (χ4v) is 6.10. The van der Waals surface area contributed by atoms with Crippen LogP contribution in [0.3, 0.4) is 0 Å². The Labute approximate surface area is 175 Å². The molecule has 2 fully saturated rings. The number of rotatable bonds is 5. The van der Waals surface area contributed by atoms with Crippen molar-refractivity contribution in [3.63, 3.8) is 0 Å². The third kappa shape index (κ3) is 3.66. The summed E-state index contributed by atoms with van der Waals surface area (Å²) in [6.45, 7) is -0.157. The van der Waals surface area contributed by atoms with Crippen LogP contribution < -0.4 is 5.32 Å². The number of fused-ring (bicyclic) bond motifs is 1. The van der Waals surface area contributed by atoms with Gasteiger partial charge in [0.25, 0.3) is 0 Å². The molecule has 3 aliphatic carbocycles. The summed E-state index contributed by atoms with van der Waals surface area (Å²) in [5, 5.41) is 15.1. The van der Waals surface area contributed by atoms with Crippen molar-refractivity contribution in [2.45, 2.75) is 88.7 Å². The Kier molecular flexibility index (Phi) is 5.28. The molecule has 7 heteroatoms. The summed E-state index contributed by atoms with van der Waals surface area (Å²) in [4.78, 5) is 15.7. The Bertz CT molecular complexity index is 860. The number of thiazole rings is 1. The van der Waals surface area contributed by atoms with E-state index in [2.05, 4.69) is 10.3 Å². The molecule has 2 saturated carbocycles. The topological polar surface area (TPSA) is 70.9 Å². The van der Waals surface area contributed by atoms with Crippen molar-refractivity contribution in [3.8, 4) is 0 Å². The van der Waals surface area contributed by atoms with Crippen molar-refractivity contribution in [3.05, 3.63) is 32.1 Å². The number of nitrogens with one attached hydrogen (secondary N) is 1. The molecule has 0 bridgehead atoms. The van der Waals surface area contributed by atoms with Crippen LogP contribution in [0.15, 0.2) is 0 Å². The Balaban J connectivity index is 1.43. The lowest BCUT2D eigenvalue weighted by Crippen LogP contribution is -2.19. The first-order valence-corrected chi connectivity index (χ1v) is 11.9. The molecule has 1 unspecified atom stereocenters. The van der Waals surface area contributed by atoms with E-state index >= 15 is 0 Å². The quantitative estimate of drug-likeness (QED) is 0.628. The van der Waals surface area contributed by atoms with E-state index in [9.17, 15) is 5.11 Å². The Morgan fingerprint density at radius 3 is 2.54 bits per heavy atom. The molecule has 0 spiro atoms. The highest BCUT2D eigenvalue weighted by Crippen LogP contribution is 2.43. The van der Waals surface area contributed by atoms with E-state index in [0.29, 0.717) is 28.4 Å². The SMILES string of the molecule is OCc1c(Cl)nc(C2CC2)nc1NC1CCCc2sc(C3CCCCC3)nc21. The lowest BCUT2D eigenvalue weighted by Gasteiger charge is -2.24. The van der Waals surface area contributed by atoms with E-state index in [1.165, 1.54) is 47.7 Å². The summed E-state index contributed by atoms with van der Waals surface area (Å²) >= 11 is 8.29. The van der Waals surface area contributed by atoms with Crippen molar-refractivity contribution in [2.75, 3.05) is 5.32 Å². The highest BCUT2D eigenvalue weighted by molar-refractivity contribution is 7.11. The summed E-state index contributed by atoms with van der Waals surface area (Å²) in [5.74, 6) is 2.56. The zero-order valence-electron chi connectivity index (χ0n) is 16.1. The average Bonchev–Trinajstić information content (AvgIpc) is 3.47. The molecule has 5 nitrogen and oxygen atoms in total. The van der Waals surface area contributed by atoms with Gasteiger partial charge in [0.05, 0.1) is 28.9 Å². The maximum absolute atomic E-state index is 9.83. The highest BCUT2D eigenvalue weighted by Gasteiger charge is 2.31. The zero-order chi connectivity index (χ0) is 19.1. The largest absolute Gasteiger partial charge is 0.391 e. The summed E-state index contributed by atoms with van der Waals surface area (Å²) < 4.78 is 0. The van der Waals surface area contributed by atoms with Gasteiger partial charge in [-0.25, -0.2) is 15.0 Å². The molecular weight excluding hydrogens is 392 g/mol. The molecule has 2 aromatic heterocycles. The van der Waals surface area contributed by atoms with Crippen molar-refractivity contribution < 1.29 is 5.11 Å². The third-order valence-electron chi connectivity index (χ3n) is 6.31. The van der Waals surface area contributed by atoms with Crippen LogP contribution in [0.5, 0.6) is 0 Å². The molecular formula is C21H27ClN4OS. The third-order valence-corrected chi connectivity index (χ3v) is 7.92. The van der Waals surface area contributed by atoms with Crippen molar-refractivity contribution in [1.29, 1.82) is 0 Å². The molecule has 5 rings (SSSR count). The normalized spacial score (nSPS) is 22.9. The minimum absolute atomic E-state index is 0.140. The summed E-state index contributed by atoms with van der Waals surface area (Å²) in [5.41, 5.74) is 1.80. The predicted octanol–water partition coefficient (Wildman–Crippen LogP) is 5.49. The van der Waals surface area contributed by atoms with Crippen LogP contribution in [0.2, 0.25) is 5.15 Å². The van der Waals surface area contributed by atoms with E-state index in [1.807, 2.05) is 11.3 Å². The molecule has 0 aliphatic heterocycles. The molecule has 3 aliphatic rings. The first kappa shape index (κ1) is 18.8. The Hall–Kier alpha value is -1.24. The van der Waals surface area contributed by atoms with Crippen molar-refractivity contribution in [1.82, 2.24) is 15.0 Å². The van der Waals surface area contributed by atoms with Crippen molar-refractivity contribution in [2.24, 2.45) is 0 Å². The highest BCUT2D eigenvalue weighted by atomic mass is 35.5. The fourth-order valence-electron chi connectivity index (χ4n) is 4.52. The maximum Gasteiger partial charge on any atom is 0.140 e. The monoisotopic (exact) mass is 418 g/mol. The van der Waals surface area contributed by atoms with Gasteiger partial charge in [-0.2, -0.15) is 0 Å². The standard InChI is InChI=1S/C21H27ClN4OS/c22-18-14(11-27)20(26-19(25-18)12-9-10-12)23-15-7-4-8-16-17(15)24-21(28-16)13-5-2-1-3-6-13/h12-13,15,27H,1-11H2,(H,23,25,26). The zero-order valence-corrected chi connectivity index (χ0v) is 17.7. The summed E-state index contributed by atoms with van der Waals surface area (Å²) in [6, 6.07) is 0.140. The van der Waals surface area contributed by atoms with Gasteiger partial charge in [-0.05, 0) is 44.9 Å². The summed E-state index contributed by atoms with van der Waals surface area (Å²) in [6.07, 6.45) is 12.2. The van der Waals surface area contributed by atoms with Gasteiger partial charge in [-0.1, -0.05) is 30.9 Å². The lowest BCUT2D eigenvalue weighted by molar-refractivity contribution is 0.281. The fraction of sp³-hybridized carbons (Fsp3) is 0.667. The first-order valence-electron chi connectivity index (χ1n) is 10.7. The number of nitrogens with zero attached hydrogens (tertiary/aromatic N) is 3. The minimum atomic E-state index is -0.157. The Morgan fingerprint density at radius 2 is 1.79 bits per heavy atom. The van der Waals surface area contributed by atoms with Gasteiger partial charge in [0, 0.05) is 16.7 Å². The smallest absolute Gasteiger partial charge is 0.140 e. The van der Waals surface area contributed by atoms with Gasteiger partial charge in [0.2, 0.25) is 0 Å². The van der Waals surface area contributed by atoms with Gasteiger partial charge in [0.15, 0.2) is 0 Å². The molecule has 150 valence electrons.